The molecule has 178 valence electrons. The Morgan fingerprint density at radius 3 is 2.18 bits per heavy atom. The molecule has 0 saturated carbocycles. The molecule has 2 aliphatic heterocycles. The summed E-state index contributed by atoms with van der Waals surface area (Å²) in [4.78, 5) is 17.1. The van der Waals surface area contributed by atoms with Crippen molar-refractivity contribution in [3.05, 3.63) is 48.5 Å². The van der Waals surface area contributed by atoms with E-state index in [0.29, 0.717) is 38.5 Å². The predicted octanol–water partition coefficient (Wildman–Crippen LogP) is 1.48. The summed E-state index contributed by atoms with van der Waals surface area (Å²) in [6, 6.07) is 14.3. The minimum Gasteiger partial charge on any atom is -0.497 e. The van der Waals surface area contributed by atoms with Crippen molar-refractivity contribution in [2.45, 2.75) is 4.90 Å². The zero-order valence-electron chi connectivity index (χ0n) is 18.8. The molecule has 2 aliphatic rings. The van der Waals surface area contributed by atoms with Gasteiger partial charge in [0.25, 0.3) is 0 Å². The normalized spacial score (nSPS) is 18.2. The smallest absolute Gasteiger partial charge is 0.243 e. The van der Waals surface area contributed by atoms with Crippen molar-refractivity contribution in [3.8, 4) is 5.75 Å². The molecule has 1 amide bonds. The Labute approximate surface area is 194 Å². The molecule has 0 aliphatic carbocycles. The van der Waals surface area contributed by atoms with Gasteiger partial charge < -0.3 is 19.7 Å². The summed E-state index contributed by atoms with van der Waals surface area (Å²) >= 11 is 0. The number of anilines is 2. The predicted molar refractivity (Wildman–Crippen MR) is 126 cm³/mol. The van der Waals surface area contributed by atoms with Gasteiger partial charge in [0.1, 0.15) is 5.75 Å². The molecule has 0 bridgehead atoms. The van der Waals surface area contributed by atoms with Crippen LogP contribution < -0.4 is 15.0 Å². The van der Waals surface area contributed by atoms with Crippen LogP contribution in [0.25, 0.3) is 0 Å². The average Bonchev–Trinajstić information content (AvgIpc) is 2.85. The van der Waals surface area contributed by atoms with Gasteiger partial charge in [0, 0.05) is 50.6 Å². The lowest BCUT2D eigenvalue weighted by Gasteiger charge is -2.35. The number of benzene rings is 2. The van der Waals surface area contributed by atoms with Crippen LogP contribution in [-0.2, 0) is 19.6 Å². The molecule has 2 fully saturated rings. The highest BCUT2D eigenvalue weighted by atomic mass is 32.2. The van der Waals surface area contributed by atoms with Crippen LogP contribution in [0, 0.1) is 0 Å². The maximum absolute atomic E-state index is 12.7. The van der Waals surface area contributed by atoms with Crippen molar-refractivity contribution < 1.29 is 22.7 Å². The fraction of sp³-hybridized carbons (Fsp3) is 0.435. The summed E-state index contributed by atoms with van der Waals surface area (Å²) in [5, 5.41) is 2.87. The Morgan fingerprint density at radius 1 is 0.939 bits per heavy atom. The highest BCUT2D eigenvalue weighted by Crippen LogP contribution is 2.21. The second-order valence-electron chi connectivity index (χ2n) is 8.05. The number of ether oxygens (including phenoxy) is 2. The van der Waals surface area contributed by atoms with Gasteiger partial charge in [-0.1, -0.05) is 0 Å². The molecule has 2 heterocycles. The number of rotatable bonds is 7. The number of nitrogens with one attached hydrogen (secondary N) is 1. The first kappa shape index (κ1) is 23.5. The van der Waals surface area contributed by atoms with E-state index < -0.39 is 10.0 Å². The molecule has 2 saturated heterocycles. The number of piperazine rings is 1. The number of nitrogens with zero attached hydrogens (tertiary/aromatic N) is 3. The molecular formula is C23H30N4O5S. The van der Waals surface area contributed by atoms with Gasteiger partial charge in [-0.2, -0.15) is 4.31 Å². The lowest BCUT2D eigenvalue weighted by atomic mass is 10.2. The number of sulfonamides is 1. The molecule has 0 atom stereocenters. The number of carbonyl (C=O) groups is 1. The van der Waals surface area contributed by atoms with Gasteiger partial charge in [-0.05, 0) is 48.5 Å². The van der Waals surface area contributed by atoms with Crippen LogP contribution in [0.5, 0.6) is 5.75 Å². The molecule has 0 unspecified atom stereocenters. The molecule has 2 aromatic carbocycles. The minimum atomic E-state index is -3.54. The minimum absolute atomic E-state index is 0.114. The highest BCUT2D eigenvalue weighted by Gasteiger charge is 2.26. The maximum Gasteiger partial charge on any atom is 0.243 e. The van der Waals surface area contributed by atoms with E-state index in [4.69, 9.17) is 9.47 Å². The molecule has 1 N–H and O–H groups in total. The van der Waals surface area contributed by atoms with E-state index in [9.17, 15) is 13.2 Å². The maximum atomic E-state index is 12.7. The lowest BCUT2D eigenvalue weighted by molar-refractivity contribution is -0.117. The summed E-state index contributed by atoms with van der Waals surface area (Å²) in [5.41, 5.74) is 1.73. The van der Waals surface area contributed by atoms with E-state index >= 15 is 0 Å². The van der Waals surface area contributed by atoms with E-state index in [1.165, 1.54) is 16.4 Å². The first-order chi connectivity index (χ1) is 16.0. The summed E-state index contributed by atoms with van der Waals surface area (Å²) in [5.74, 6) is 0.720. The van der Waals surface area contributed by atoms with Crippen molar-refractivity contribution >= 4 is 27.3 Å². The summed E-state index contributed by atoms with van der Waals surface area (Å²) < 4.78 is 37.3. The Balaban J connectivity index is 1.26. The zero-order valence-corrected chi connectivity index (χ0v) is 19.6. The van der Waals surface area contributed by atoms with E-state index in [1.54, 1.807) is 19.2 Å². The molecule has 0 radical (unpaired) electrons. The molecule has 10 heteroatoms. The fourth-order valence-electron chi connectivity index (χ4n) is 4.01. The van der Waals surface area contributed by atoms with Crippen LogP contribution in [0.2, 0.25) is 0 Å². The number of methoxy groups -OCH3 is 1. The molecular weight excluding hydrogens is 444 g/mol. The first-order valence-corrected chi connectivity index (χ1v) is 12.5. The molecule has 0 aromatic heterocycles. The van der Waals surface area contributed by atoms with Crippen molar-refractivity contribution in [2.75, 3.05) is 76.4 Å². The molecule has 4 rings (SSSR count). The van der Waals surface area contributed by atoms with E-state index in [0.717, 1.165) is 37.6 Å². The standard InChI is InChI=1S/C23H30N4O5S/c1-31-21-6-4-20(5-7-21)26-12-10-25(11-13-26)18-23(28)24-19-2-8-22(9-3-19)33(29,30)27-14-16-32-17-15-27/h2-9H,10-18H2,1H3,(H,24,28). The van der Waals surface area contributed by atoms with Crippen LogP contribution in [0.4, 0.5) is 11.4 Å². The van der Waals surface area contributed by atoms with Crippen molar-refractivity contribution in [2.24, 2.45) is 0 Å². The third kappa shape index (κ3) is 5.83. The number of carbonyl (C=O) groups excluding carboxylic acids is 1. The molecule has 33 heavy (non-hydrogen) atoms. The summed E-state index contributed by atoms with van der Waals surface area (Å²) in [7, 11) is -1.89. The Hall–Kier alpha value is -2.66. The highest BCUT2D eigenvalue weighted by molar-refractivity contribution is 7.89. The second-order valence-corrected chi connectivity index (χ2v) is 9.99. The quantitative estimate of drug-likeness (QED) is 0.650. The summed E-state index contributed by atoms with van der Waals surface area (Å²) in [6.45, 7) is 5.07. The largest absolute Gasteiger partial charge is 0.497 e. The van der Waals surface area contributed by atoms with Gasteiger partial charge >= 0.3 is 0 Å². The van der Waals surface area contributed by atoms with Crippen molar-refractivity contribution in [1.29, 1.82) is 0 Å². The van der Waals surface area contributed by atoms with Gasteiger partial charge in [-0.3, -0.25) is 9.69 Å². The third-order valence-electron chi connectivity index (χ3n) is 5.92. The molecule has 0 spiro atoms. The molecule has 2 aromatic rings. The number of amides is 1. The second kappa shape index (κ2) is 10.5. The van der Waals surface area contributed by atoms with Crippen LogP contribution in [0.1, 0.15) is 0 Å². The van der Waals surface area contributed by atoms with Gasteiger partial charge in [0.05, 0.1) is 31.8 Å². The number of hydrogen-bond donors (Lipinski definition) is 1. The van der Waals surface area contributed by atoms with E-state index in [-0.39, 0.29) is 10.8 Å². The van der Waals surface area contributed by atoms with E-state index in [2.05, 4.69) is 15.1 Å². The van der Waals surface area contributed by atoms with Crippen LogP contribution in [0.15, 0.2) is 53.4 Å². The van der Waals surface area contributed by atoms with E-state index in [1.807, 2.05) is 24.3 Å². The zero-order chi connectivity index (χ0) is 23.3. The van der Waals surface area contributed by atoms with Crippen molar-refractivity contribution in [1.82, 2.24) is 9.21 Å². The first-order valence-electron chi connectivity index (χ1n) is 11.0. The van der Waals surface area contributed by atoms with Gasteiger partial charge in [-0.25, -0.2) is 8.42 Å². The average molecular weight is 475 g/mol. The van der Waals surface area contributed by atoms with Crippen LogP contribution in [0.3, 0.4) is 0 Å². The van der Waals surface area contributed by atoms with Crippen molar-refractivity contribution in [3.63, 3.8) is 0 Å². The lowest BCUT2D eigenvalue weighted by Crippen LogP contribution is -2.48. The van der Waals surface area contributed by atoms with Gasteiger partial charge in [0.2, 0.25) is 15.9 Å². The van der Waals surface area contributed by atoms with Gasteiger partial charge in [-0.15, -0.1) is 0 Å². The van der Waals surface area contributed by atoms with Crippen LogP contribution in [-0.4, -0.2) is 89.7 Å². The summed E-state index contributed by atoms with van der Waals surface area (Å²) in [6.07, 6.45) is 0. The number of morpholine rings is 1. The molecule has 9 nitrogen and oxygen atoms in total. The Bertz CT molecular complexity index is 1030. The number of hydrogen-bond acceptors (Lipinski definition) is 7. The topological polar surface area (TPSA) is 91.4 Å². The van der Waals surface area contributed by atoms with Crippen LogP contribution >= 0.6 is 0 Å². The Kier molecular flexibility index (Phi) is 7.49. The SMILES string of the molecule is COc1ccc(N2CCN(CC(=O)Nc3ccc(S(=O)(=O)N4CCOCC4)cc3)CC2)cc1. The fourth-order valence-corrected chi connectivity index (χ4v) is 5.42. The monoisotopic (exact) mass is 474 g/mol. The van der Waals surface area contributed by atoms with Gasteiger partial charge in [0.15, 0.2) is 0 Å². The Morgan fingerprint density at radius 2 is 1.58 bits per heavy atom. The third-order valence-corrected chi connectivity index (χ3v) is 7.84.